The van der Waals surface area contributed by atoms with Gasteiger partial charge in [0.1, 0.15) is 0 Å². The molecule has 3 heterocycles. The lowest BCUT2D eigenvalue weighted by atomic mass is 10.2. The predicted octanol–water partition coefficient (Wildman–Crippen LogP) is 3.34. The van der Waals surface area contributed by atoms with Crippen molar-refractivity contribution < 1.29 is 4.79 Å². The Hall–Kier alpha value is -1.78. The van der Waals surface area contributed by atoms with Gasteiger partial charge in [0, 0.05) is 29.3 Å². The van der Waals surface area contributed by atoms with Gasteiger partial charge in [0.05, 0.1) is 5.69 Å². The van der Waals surface area contributed by atoms with Gasteiger partial charge in [0.2, 0.25) is 11.0 Å². The molecule has 0 unspecified atom stereocenters. The van der Waals surface area contributed by atoms with Crippen molar-refractivity contribution in [3.8, 4) is 0 Å². The summed E-state index contributed by atoms with van der Waals surface area (Å²) in [6, 6.07) is 1.55. The number of anilines is 1. The number of thiazole rings is 1. The van der Waals surface area contributed by atoms with Gasteiger partial charge in [-0.25, -0.2) is 4.98 Å². The molecular formula is C15H17N5O2S3. The van der Waals surface area contributed by atoms with Crippen LogP contribution in [0.5, 0.6) is 0 Å². The molecule has 0 aliphatic rings. The minimum atomic E-state index is -0.0690. The summed E-state index contributed by atoms with van der Waals surface area (Å²) in [5, 5.41) is 13.2. The van der Waals surface area contributed by atoms with Gasteiger partial charge < -0.3 is 5.32 Å². The summed E-state index contributed by atoms with van der Waals surface area (Å²) in [7, 11) is 0. The average Bonchev–Trinajstić information content (AvgIpc) is 3.18. The number of hydrogen-bond acceptors (Lipinski definition) is 8. The van der Waals surface area contributed by atoms with Crippen molar-refractivity contribution >= 4 is 50.4 Å². The normalized spacial score (nSPS) is 11.1. The van der Waals surface area contributed by atoms with E-state index in [0.717, 1.165) is 22.9 Å². The summed E-state index contributed by atoms with van der Waals surface area (Å²) >= 11 is 4.23. The fraction of sp³-hybridized carbons (Fsp3) is 0.400. The topological polar surface area (TPSA) is 89.2 Å². The Labute approximate surface area is 156 Å². The SMILES string of the molecule is CCCCC(=O)Nc1nnc(SCc2cc(=O)n3c(C)csc3n2)s1. The number of nitrogens with one attached hydrogen (secondary N) is 1. The molecule has 0 aromatic carbocycles. The van der Waals surface area contributed by atoms with Crippen LogP contribution in [0.25, 0.3) is 4.96 Å². The molecule has 0 fully saturated rings. The molecule has 0 radical (unpaired) electrons. The Morgan fingerprint density at radius 1 is 1.40 bits per heavy atom. The molecule has 0 spiro atoms. The van der Waals surface area contributed by atoms with Crippen LogP contribution < -0.4 is 10.9 Å². The van der Waals surface area contributed by atoms with Crippen LogP contribution in [0.2, 0.25) is 0 Å². The van der Waals surface area contributed by atoms with Crippen LogP contribution in [0.15, 0.2) is 20.6 Å². The minimum absolute atomic E-state index is 0.0391. The standard InChI is InChI=1S/C15H17N5O2S3/c1-3-4-5-11(21)17-13-18-19-15(25-13)24-8-10-6-12(22)20-9(2)7-23-14(20)16-10/h6-7H,3-5,8H2,1-2H3,(H,17,18,21). The lowest BCUT2D eigenvalue weighted by molar-refractivity contribution is -0.116. The molecule has 7 nitrogen and oxygen atoms in total. The molecule has 3 aromatic heterocycles. The van der Waals surface area contributed by atoms with Gasteiger partial charge in [-0.15, -0.1) is 21.5 Å². The van der Waals surface area contributed by atoms with E-state index < -0.39 is 0 Å². The minimum Gasteiger partial charge on any atom is -0.301 e. The maximum Gasteiger partial charge on any atom is 0.258 e. The highest BCUT2D eigenvalue weighted by Gasteiger charge is 2.11. The lowest BCUT2D eigenvalue weighted by Crippen LogP contribution is -2.14. The summed E-state index contributed by atoms with van der Waals surface area (Å²) in [4.78, 5) is 29.1. The first-order valence-corrected chi connectivity index (χ1v) is 10.5. The zero-order chi connectivity index (χ0) is 17.8. The van der Waals surface area contributed by atoms with E-state index in [2.05, 4.69) is 20.5 Å². The fourth-order valence-corrected chi connectivity index (χ4v) is 4.70. The first-order chi connectivity index (χ1) is 12.1. The Morgan fingerprint density at radius 2 is 2.24 bits per heavy atom. The number of carbonyl (C=O) groups is 1. The molecule has 25 heavy (non-hydrogen) atoms. The molecule has 10 heteroatoms. The van der Waals surface area contributed by atoms with Crippen molar-refractivity contribution in [1.82, 2.24) is 19.6 Å². The molecule has 0 atom stereocenters. The Morgan fingerprint density at radius 3 is 3.04 bits per heavy atom. The second kappa shape index (κ2) is 8.07. The van der Waals surface area contributed by atoms with Crippen LogP contribution >= 0.6 is 34.4 Å². The molecule has 1 N–H and O–H groups in total. The third-order valence-corrected chi connectivity index (χ3v) is 6.33. The van der Waals surface area contributed by atoms with E-state index in [-0.39, 0.29) is 11.5 Å². The predicted molar refractivity (Wildman–Crippen MR) is 102 cm³/mol. The van der Waals surface area contributed by atoms with E-state index in [1.807, 2.05) is 19.2 Å². The monoisotopic (exact) mass is 395 g/mol. The summed E-state index contributed by atoms with van der Waals surface area (Å²) in [6.45, 7) is 3.93. The zero-order valence-electron chi connectivity index (χ0n) is 13.8. The van der Waals surface area contributed by atoms with Gasteiger partial charge in [-0.1, -0.05) is 36.4 Å². The van der Waals surface area contributed by atoms with Gasteiger partial charge in [-0.2, -0.15) is 0 Å². The average molecular weight is 396 g/mol. The number of unbranched alkanes of at least 4 members (excludes halogenated alkanes) is 1. The second-order valence-corrected chi connectivity index (χ2v) is 8.43. The van der Waals surface area contributed by atoms with Crippen molar-refractivity contribution in [3.05, 3.63) is 33.2 Å². The number of carbonyl (C=O) groups excluding carboxylic acids is 1. The summed E-state index contributed by atoms with van der Waals surface area (Å²) in [6.07, 6.45) is 2.33. The van der Waals surface area contributed by atoms with Crippen LogP contribution in [0.3, 0.4) is 0 Å². The third kappa shape index (κ3) is 4.44. The fourth-order valence-electron chi connectivity index (χ4n) is 2.15. The van der Waals surface area contributed by atoms with E-state index in [9.17, 15) is 9.59 Å². The highest BCUT2D eigenvalue weighted by Crippen LogP contribution is 2.28. The molecule has 0 aliphatic carbocycles. The van der Waals surface area contributed by atoms with Gasteiger partial charge in [-0.05, 0) is 13.3 Å². The maximum atomic E-state index is 12.2. The van der Waals surface area contributed by atoms with Gasteiger partial charge in [0.25, 0.3) is 5.56 Å². The highest BCUT2D eigenvalue weighted by atomic mass is 32.2. The molecule has 132 valence electrons. The molecule has 3 aromatic rings. The number of rotatable bonds is 7. The first kappa shape index (κ1) is 18.0. The molecule has 1 amide bonds. The maximum absolute atomic E-state index is 12.2. The Bertz CT molecular complexity index is 946. The summed E-state index contributed by atoms with van der Waals surface area (Å²) < 4.78 is 2.34. The van der Waals surface area contributed by atoms with Crippen LogP contribution in [0.4, 0.5) is 5.13 Å². The van der Waals surface area contributed by atoms with Gasteiger partial charge >= 0.3 is 0 Å². The van der Waals surface area contributed by atoms with Crippen LogP contribution in [0, 0.1) is 6.92 Å². The van der Waals surface area contributed by atoms with E-state index >= 15 is 0 Å². The number of aromatic nitrogens is 4. The van der Waals surface area contributed by atoms with E-state index in [1.165, 1.54) is 34.4 Å². The molecule has 0 saturated heterocycles. The van der Waals surface area contributed by atoms with Crippen molar-refractivity contribution in [2.24, 2.45) is 0 Å². The van der Waals surface area contributed by atoms with Crippen LogP contribution in [-0.4, -0.2) is 25.5 Å². The summed E-state index contributed by atoms with van der Waals surface area (Å²) in [5.41, 5.74) is 1.53. The van der Waals surface area contributed by atoms with Gasteiger partial charge in [-0.3, -0.25) is 14.0 Å². The largest absolute Gasteiger partial charge is 0.301 e. The van der Waals surface area contributed by atoms with Gasteiger partial charge in [0.15, 0.2) is 9.30 Å². The number of thioether (sulfide) groups is 1. The van der Waals surface area contributed by atoms with Crippen molar-refractivity contribution in [2.45, 2.75) is 43.2 Å². The number of nitrogens with zero attached hydrogens (tertiary/aromatic N) is 4. The molecule has 0 saturated carbocycles. The quantitative estimate of drug-likeness (QED) is 0.487. The van der Waals surface area contributed by atoms with Crippen LogP contribution in [0.1, 0.15) is 37.6 Å². The van der Waals surface area contributed by atoms with E-state index in [0.29, 0.717) is 28.0 Å². The smallest absolute Gasteiger partial charge is 0.258 e. The number of amides is 1. The molecule has 0 aliphatic heterocycles. The number of aryl methyl sites for hydroxylation is 1. The Kier molecular flexibility index (Phi) is 5.82. The molecule has 3 rings (SSSR count). The molecule has 0 bridgehead atoms. The molecular weight excluding hydrogens is 378 g/mol. The zero-order valence-corrected chi connectivity index (χ0v) is 16.3. The first-order valence-electron chi connectivity index (χ1n) is 7.79. The number of fused-ring (bicyclic) bond motifs is 1. The lowest BCUT2D eigenvalue weighted by Gasteiger charge is -2.00. The van der Waals surface area contributed by atoms with Crippen molar-refractivity contribution in [2.75, 3.05) is 5.32 Å². The van der Waals surface area contributed by atoms with Crippen molar-refractivity contribution in [1.29, 1.82) is 0 Å². The van der Waals surface area contributed by atoms with Crippen LogP contribution in [-0.2, 0) is 10.5 Å². The van der Waals surface area contributed by atoms with E-state index in [1.54, 1.807) is 10.5 Å². The second-order valence-electron chi connectivity index (χ2n) is 5.39. The van der Waals surface area contributed by atoms with Crippen molar-refractivity contribution in [3.63, 3.8) is 0 Å². The third-order valence-electron chi connectivity index (χ3n) is 3.38. The highest BCUT2D eigenvalue weighted by molar-refractivity contribution is 8.00. The van der Waals surface area contributed by atoms with E-state index in [4.69, 9.17) is 0 Å². The summed E-state index contributed by atoms with van der Waals surface area (Å²) in [5.74, 6) is 0.490. The number of hydrogen-bond donors (Lipinski definition) is 1. The Balaban J connectivity index is 1.62.